The maximum Gasteiger partial charge on any atom is 3.00 e. The summed E-state index contributed by atoms with van der Waals surface area (Å²) < 4.78 is 0. The number of benzene rings is 4. The second-order valence-corrected chi connectivity index (χ2v) is 9.29. The Balaban J connectivity index is -0.000000205. The quantitative estimate of drug-likeness (QED) is 0.0446. The van der Waals surface area contributed by atoms with Crippen LogP contribution in [-0.4, -0.2) is 54.2 Å². The van der Waals surface area contributed by atoms with Gasteiger partial charge in [-0.05, 0) is 22.3 Å². The Morgan fingerprint density at radius 2 is 0.561 bits per heavy atom. The number of nitrogens with two attached hydrogens (primary N) is 4. The van der Waals surface area contributed by atoms with E-state index in [1.807, 2.05) is 0 Å². The Morgan fingerprint density at radius 1 is 0.404 bits per heavy atom. The molecule has 0 heterocycles. The third-order valence-corrected chi connectivity index (χ3v) is 5.23. The van der Waals surface area contributed by atoms with Crippen LogP contribution in [0.4, 0.5) is 0 Å². The van der Waals surface area contributed by atoms with E-state index in [-0.39, 0.29) is 111 Å². The van der Waals surface area contributed by atoms with Crippen LogP contribution in [0.15, 0.2) is 117 Å². The molecule has 0 fully saturated rings. The van der Waals surface area contributed by atoms with Gasteiger partial charge in [0.1, 0.15) is 0 Å². The fraction of sp³-hybridized carbons (Fsp3) is 0. The minimum Gasteiger partial charge on any atom is -1.00 e. The van der Waals surface area contributed by atoms with Crippen molar-refractivity contribution >= 4 is 48.7 Å². The number of hydrogen-bond acceptors (Lipinski definition) is 12. The molecule has 0 saturated heterocycles. The van der Waals surface area contributed by atoms with Gasteiger partial charge in [-0.3, -0.25) is 21.6 Å². The zero-order valence-corrected chi connectivity index (χ0v) is 32.8. The predicted octanol–water partition coefficient (Wildman–Crippen LogP) is -8.51. The van der Waals surface area contributed by atoms with Crippen molar-refractivity contribution in [3.8, 4) is 23.0 Å². The van der Waals surface area contributed by atoms with Crippen molar-refractivity contribution in [3.05, 3.63) is 119 Å². The molecule has 0 saturated carbocycles. The van der Waals surface area contributed by atoms with Gasteiger partial charge in [-0.15, -0.1) is 0 Å². The summed E-state index contributed by atoms with van der Waals surface area (Å²) in [7, 11) is 0. The molecular weight excluding hydrogens is 877 g/mol. The van der Waals surface area contributed by atoms with E-state index in [9.17, 15) is 20.4 Å². The van der Waals surface area contributed by atoms with Gasteiger partial charge in [0.2, 0.25) is 23.8 Å². The molecule has 4 rings (SSSR count). The number of nitrogens with zero attached hydrogens (tertiary/aromatic N) is 4. The third-order valence-electron chi connectivity index (χ3n) is 5.23. The van der Waals surface area contributed by atoms with Crippen LogP contribution in [0.3, 0.4) is 0 Å². The van der Waals surface area contributed by atoms with E-state index in [0.29, 0.717) is 22.3 Å². The molecule has 25 heteroatoms. The van der Waals surface area contributed by atoms with Crippen molar-refractivity contribution in [2.24, 2.45) is 43.3 Å². The van der Waals surface area contributed by atoms with Gasteiger partial charge < -0.3 is 73.7 Å². The van der Waals surface area contributed by atoms with Crippen molar-refractivity contribution in [2.45, 2.75) is 0 Å². The minimum absolute atomic E-state index is 0. The summed E-state index contributed by atoms with van der Waals surface area (Å²) in [5.41, 5.74) is 30.6. The van der Waals surface area contributed by atoms with Crippen molar-refractivity contribution in [1.82, 2.24) is 21.7 Å². The second-order valence-electron chi connectivity index (χ2n) is 9.29. The fourth-order valence-corrected chi connectivity index (χ4v) is 3.03. The van der Waals surface area contributed by atoms with Crippen LogP contribution in [0.25, 0.3) is 0 Å². The number of nitrogens with one attached hydrogen (secondary N) is 8. The molecular formula is C32H38Cl2Co2N16O5. The smallest absolute Gasteiger partial charge is 1.00 e. The predicted molar refractivity (Wildman–Crippen MR) is 198 cm³/mol. The van der Waals surface area contributed by atoms with Crippen molar-refractivity contribution in [2.75, 3.05) is 0 Å². The topological polar surface area (TPSA) is 421 Å². The Kier molecular flexibility index (Phi) is 36.8. The number of guanidine groups is 4. The molecule has 4 aromatic rings. The normalized spacial score (nSPS) is 9.26. The molecule has 308 valence electrons. The zero-order valence-electron chi connectivity index (χ0n) is 29.2. The van der Waals surface area contributed by atoms with E-state index in [2.05, 4.69) is 42.1 Å². The Morgan fingerprint density at radius 3 is 0.702 bits per heavy atom. The van der Waals surface area contributed by atoms with Gasteiger partial charge in [-0.2, -0.15) is 20.4 Å². The van der Waals surface area contributed by atoms with E-state index >= 15 is 0 Å². The maximum absolute atomic E-state index is 11.1. The molecule has 0 unspecified atom stereocenters. The SMILES string of the molecule is N=C(N)N/N=C/c1ccccc1[O-].N=C(N)N/N=C/c1ccccc1[O-].N=C(N)N/N=C/c1ccccc1[O-].N=C(N)N/N=C/c1ccccc1[O-].O.[Cl-].[Cl-].[Co+3].[Co+3]. The van der Waals surface area contributed by atoms with Gasteiger partial charge in [0.05, 0.1) is 24.9 Å². The first-order valence-corrected chi connectivity index (χ1v) is 14.4. The molecule has 18 N–H and O–H groups in total. The van der Waals surface area contributed by atoms with Gasteiger partial charge in [-0.1, -0.05) is 120 Å². The van der Waals surface area contributed by atoms with Gasteiger partial charge in [-0.25, -0.2) is 21.7 Å². The molecule has 0 aliphatic carbocycles. The van der Waals surface area contributed by atoms with Crippen LogP contribution in [-0.2, 0) is 33.6 Å². The third kappa shape index (κ3) is 29.4. The van der Waals surface area contributed by atoms with Gasteiger partial charge >= 0.3 is 33.6 Å². The molecule has 21 nitrogen and oxygen atoms in total. The van der Waals surface area contributed by atoms with E-state index in [1.54, 1.807) is 72.8 Å². The molecule has 0 bridgehead atoms. The van der Waals surface area contributed by atoms with Crippen LogP contribution < -0.4 is 89.9 Å². The van der Waals surface area contributed by atoms with E-state index < -0.39 is 0 Å². The number of para-hydroxylation sites is 4. The van der Waals surface area contributed by atoms with E-state index in [1.165, 1.54) is 49.1 Å². The molecule has 4 aromatic carbocycles. The molecule has 0 amide bonds. The number of rotatable bonds is 8. The molecule has 0 radical (unpaired) electrons. The molecule has 0 spiro atoms. The average molecular weight is 916 g/mol. The van der Waals surface area contributed by atoms with Crippen molar-refractivity contribution < 1.29 is 84.3 Å². The van der Waals surface area contributed by atoms with Crippen LogP contribution in [0.5, 0.6) is 23.0 Å². The van der Waals surface area contributed by atoms with Crippen molar-refractivity contribution in [1.29, 1.82) is 21.6 Å². The first kappa shape index (κ1) is 59.7. The summed E-state index contributed by atoms with van der Waals surface area (Å²) >= 11 is 0. The summed E-state index contributed by atoms with van der Waals surface area (Å²) in [4.78, 5) is 0. The van der Waals surface area contributed by atoms with Crippen LogP contribution >= 0.6 is 0 Å². The Hall–Kier alpha value is -6.61. The second kappa shape index (κ2) is 35.1. The zero-order chi connectivity index (χ0) is 38.7. The monoisotopic (exact) mass is 914 g/mol. The fourth-order valence-electron chi connectivity index (χ4n) is 3.03. The molecule has 0 aliphatic rings. The minimum atomic E-state index is -0.264. The molecule has 57 heavy (non-hydrogen) atoms. The largest absolute Gasteiger partial charge is 3.00 e. The van der Waals surface area contributed by atoms with E-state index in [0.717, 1.165) is 0 Å². The number of hydrazone groups is 4. The molecule has 0 aliphatic heterocycles. The van der Waals surface area contributed by atoms with Crippen LogP contribution in [0, 0.1) is 21.6 Å². The van der Waals surface area contributed by atoms with Crippen molar-refractivity contribution in [3.63, 3.8) is 0 Å². The summed E-state index contributed by atoms with van der Waals surface area (Å²) in [6.07, 6.45) is 5.29. The standard InChI is InChI=1S/4C8H10N4O.2ClH.2Co.H2O/c4*9-8(10)12-11-5-6-3-1-2-4-7(6)13;;;;;/h4*1-5,13H,(H4,9,10,12);2*1H;;;1H2/q;;;;;;2*+3;/p-6/b4*11-5+;;;;;. The first-order valence-electron chi connectivity index (χ1n) is 14.4. The Labute approximate surface area is 360 Å². The maximum atomic E-state index is 11.1. The molecule has 0 atom stereocenters. The van der Waals surface area contributed by atoms with E-state index in [4.69, 9.17) is 44.6 Å². The summed E-state index contributed by atoms with van der Waals surface area (Å²) in [6, 6.07) is 25.8. The van der Waals surface area contributed by atoms with Crippen LogP contribution in [0.2, 0.25) is 0 Å². The summed E-state index contributed by atoms with van der Waals surface area (Å²) in [5.74, 6) is -1.51. The summed E-state index contributed by atoms with van der Waals surface area (Å²) in [6.45, 7) is 0. The molecule has 0 aromatic heterocycles. The number of halogens is 2. The first-order chi connectivity index (χ1) is 24.8. The Bertz CT molecular complexity index is 1640. The van der Waals surface area contributed by atoms with Gasteiger partial charge in [0.25, 0.3) is 0 Å². The average Bonchev–Trinajstić information content (AvgIpc) is 3.09. The number of hydrogen-bond donors (Lipinski definition) is 12. The summed E-state index contributed by atoms with van der Waals surface area (Å²) in [5, 5.41) is 85.8. The van der Waals surface area contributed by atoms with Gasteiger partial charge in [0.15, 0.2) is 0 Å². The van der Waals surface area contributed by atoms with Gasteiger partial charge in [0, 0.05) is 0 Å². The van der Waals surface area contributed by atoms with Crippen LogP contribution in [0.1, 0.15) is 22.3 Å².